The van der Waals surface area contributed by atoms with Crippen molar-refractivity contribution in [2.75, 3.05) is 20.1 Å². The van der Waals surface area contributed by atoms with Crippen LogP contribution < -0.4 is 0 Å². The molecule has 2 rings (SSSR count). The lowest BCUT2D eigenvalue weighted by molar-refractivity contribution is -0.131. The van der Waals surface area contributed by atoms with Crippen molar-refractivity contribution in [3.8, 4) is 0 Å². The summed E-state index contributed by atoms with van der Waals surface area (Å²) in [6.45, 7) is 6.62. The first kappa shape index (κ1) is 16.7. The van der Waals surface area contributed by atoms with Crippen LogP contribution in [0, 0.1) is 5.92 Å². The summed E-state index contributed by atoms with van der Waals surface area (Å²) in [6, 6.07) is -0.0254. The van der Waals surface area contributed by atoms with Crippen molar-refractivity contribution in [1.82, 2.24) is 9.80 Å². The second-order valence-corrected chi connectivity index (χ2v) is 8.38. The van der Waals surface area contributed by atoms with E-state index in [1.54, 1.807) is 16.8 Å². The standard InChI is InChI=1S/C14H22Cl2N2O3/c1-13(2,3)21-12(20)17(4)9-5-6-18(8-9)11(19)10-7-14(10,15)16/h9-10H,5-8H2,1-4H3/t9-,10+/m0/s1. The van der Waals surface area contributed by atoms with Gasteiger partial charge in [-0.1, -0.05) is 0 Å². The molecule has 1 aliphatic heterocycles. The van der Waals surface area contributed by atoms with Crippen molar-refractivity contribution >= 4 is 35.2 Å². The third-order valence-electron chi connectivity index (χ3n) is 3.83. The van der Waals surface area contributed by atoms with Crippen molar-refractivity contribution in [1.29, 1.82) is 0 Å². The molecule has 21 heavy (non-hydrogen) atoms. The molecule has 0 N–H and O–H groups in total. The summed E-state index contributed by atoms with van der Waals surface area (Å²) in [6.07, 6.45) is 0.890. The summed E-state index contributed by atoms with van der Waals surface area (Å²) in [5.41, 5.74) is -0.523. The van der Waals surface area contributed by atoms with Crippen LogP contribution in [0.3, 0.4) is 0 Å². The molecule has 1 saturated heterocycles. The molecular formula is C14H22Cl2N2O3. The highest BCUT2D eigenvalue weighted by Crippen LogP contribution is 2.54. The van der Waals surface area contributed by atoms with Crippen LogP contribution in [0.25, 0.3) is 0 Å². The van der Waals surface area contributed by atoms with Crippen molar-refractivity contribution in [2.45, 2.75) is 49.6 Å². The summed E-state index contributed by atoms with van der Waals surface area (Å²) in [4.78, 5) is 27.6. The van der Waals surface area contributed by atoms with E-state index in [2.05, 4.69) is 0 Å². The minimum Gasteiger partial charge on any atom is -0.444 e. The Bertz CT molecular complexity index is 448. The zero-order chi connectivity index (χ0) is 16.0. The number of alkyl halides is 2. The van der Waals surface area contributed by atoms with Gasteiger partial charge >= 0.3 is 6.09 Å². The van der Waals surface area contributed by atoms with Gasteiger partial charge in [0.05, 0.1) is 12.0 Å². The number of nitrogens with zero attached hydrogens (tertiary/aromatic N) is 2. The van der Waals surface area contributed by atoms with E-state index in [0.717, 1.165) is 6.42 Å². The number of amides is 2. The van der Waals surface area contributed by atoms with E-state index in [1.165, 1.54) is 0 Å². The number of ether oxygens (including phenoxy) is 1. The van der Waals surface area contributed by atoms with E-state index in [4.69, 9.17) is 27.9 Å². The minimum atomic E-state index is -0.897. The predicted molar refractivity (Wildman–Crippen MR) is 81.5 cm³/mol. The number of hydrogen-bond acceptors (Lipinski definition) is 3. The topological polar surface area (TPSA) is 49.9 Å². The second-order valence-electron chi connectivity index (χ2n) is 6.84. The quantitative estimate of drug-likeness (QED) is 0.728. The van der Waals surface area contributed by atoms with Crippen molar-refractivity contribution in [3.63, 3.8) is 0 Å². The van der Waals surface area contributed by atoms with Gasteiger partial charge < -0.3 is 14.5 Å². The van der Waals surface area contributed by atoms with Crippen LogP contribution in [0.1, 0.15) is 33.6 Å². The average Bonchev–Trinajstić information content (AvgIpc) is 2.76. The van der Waals surface area contributed by atoms with Gasteiger partial charge in [0.15, 0.2) is 0 Å². The molecule has 0 bridgehead atoms. The number of likely N-dealkylation sites (tertiary alicyclic amines) is 1. The van der Waals surface area contributed by atoms with Gasteiger partial charge in [-0.05, 0) is 33.6 Å². The van der Waals surface area contributed by atoms with E-state index in [0.29, 0.717) is 19.5 Å². The zero-order valence-electron chi connectivity index (χ0n) is 12.9. The monoisotopic (exact) mass is 336 g/mol. The van der Waals surface area contributed by atoms with Gasteiger partial charge in [-0.25, -0.2) is 4.79 Å². The summed E-state index contributed by atoms with van der Waals surface area (Å²) in [7, 11) is 1.71. The Hall–Kier alpha value is -0.680. The first-order valence-electron chi connectivity index (χ1n) is 7.14. The fourth-order valence-electron chi connectivity index (χ4n) is 2.44. The van der Waals surface area contributed by atoms with Gasteiger partial charge in [-0.3, -0.25) is 4.79 Å². The smallest absolute Gasteiger partial charge is 0.410 e. The molecule has 1 aliphatic carbocycles. The second kappa shape index (κ2) is 5.51. The van der Waals surface area contributed by atoms with Gasteiger partial charge in [0.25, 0.3) is 0 Å². The lowest BCUT2D eigenvalue weighted by Gasteiger charge is -2.28. The molecule has 0 aromatic carbocycles. The van der Waals surface area contributed by atoms with E-state index in [-0.39, 0.29) is 24.0 Å². The third kappa shape index (κ3) is 3.95. The normalized spacial score (nSPS) is 27.4. The Morgan fingerprint density at radius 1 is 1.33 bits per heavy atom. The van der Waals surface area contributed by atoms with E-state index >= 15 is 0 Å². The van der Waals surface area contributed by atoms with Gasteiger partial charge in [0, 0.05) is 20.1 Å². The Balaban J connectivity index is 1.87. The Kier molecular flexibility index (Phi) is 4.37. The fourth-order valence-corrected chi connectivity index (χ4v) is 2.94. The predicted octanol–water partition coefficient (Wildman–Crippen LogP) is 2.65. The Morgan fingerprint density at radius 3 is 2.38 bits per heavy atom. The van der Waals surface area contributed by atoms with Crippen LogP contribution in [0.5, 0.6) is 0 Å². The summed E-state index contributed by atoms with van der Waals surface area (Å²) in [5.74, 6) is -0.313. The van der Waals surface area contributed by atoms with E-state index in [9.17, 15) is 9.59 Å². The minimum absolute atomic E-state index is 0.0138. The van der Waals surface area contributed by atoms with Crippen LogP contribution in [0.2, 0.25) is 0 Å². The van der Waals surface area contributed by atoms with Crippen molar-refractivity contribution in [3.05, 3.63) is 0 Å². The molecule has 120 valence electrons. The molecule has 1 saturated carbocycles. The molecule has 1 heterocycles. The maximum atomic E-state index is 12.2. The highest BCUT2D eigenvalue weighted by atomic mass is 35.5. The number of halogens is 2. The van der Waals surface area contributed by atoms with Gasteiger partial charge in [0.2, 0.25) is 5.91 Å². The van der Waals surface area contributed by atoms with Crippen LogP contribution in [0.15, 0.2) is 0 Å². The number of hydrogen-bond donors (Lipinski definition) is 0. The molecule has 7 heteroatoms. The summed E-state index contributed by atoms with van der Waals surface area (Å²) in [5, 5.41) is 0. The Morgan fingerprint density at radius 2 is 1.90 bits per heavy atom. The molecule has 0 unspecified atom stereocenters. The van der Waals surface area contributed by atoms with Gasteiger partial charge in [-0.2, -0.15) is 0 Å². The molecule has 0 aromatic heterocycles. The average molecular weight is 337 g/mol. The van der Waals surface area contributed by atoms with Crippen molar-refractivity contribution < 1.29 is 14.3 Å². The lowest BCUT2D eigenvalue weighted by atomic mass is 10.2. The molecule has 5 nitrogen and oxygen atoms in total. The van der Waals surface area contributed by atoms with Gasteiger partial charge in [0.1, 0.15) is 9.93 Å². The third-order valence-corrected chi connectivity index (χ3v) is 4.66. The highest BCUT2D eigenvalue weighted by molar-refractivity contribution is 6.52. The summed E-state index contributed by atoms with van der Waals surface area (Å²) >= 11 is 11.9. The largest absolute Gasteiger partial charge is 0.444 e. The maximum absolute atomic E-state index is 12.2. The van der Waals surface area contributed by atoms with E-state index in [1.807, 2.05) is 20.8 Å². The fraction of sp³-hybridized carbons (Fsp3) is 0.857. The van der Waals surface area contributed by atoms with Crippen molar-refractivity contribution in [2.24, 2.45) is 5.92 Å². The van der Waals surface area contributed by atoms with Crippen LogP contribution in [-0.2, 0) is 9.53 Å². The van der Waals surface area contributed by atoms with Gasteiger partial charge in [-0.15, -0.1) is 23.2 Å². The molecule has 0 radical (unpaired) electrons. The first-order chi connectivity index (χ1) is 9.51. The number of carbonyl (C=O) groups excluding carboxylic acids is 2. The van der Waals surface area contributed by atoms with Crippen LogP contribution in [-0.4, -0.2) is 57.9 Å². The molecule has 2 amide bonds. The SMILES string of the molecule is CN(C(=O)OC(C)(C)C)[C@H]1CCN(C(=O)[C@H]2CC2(Cl)Cl)C1. The maximum Gasteiger partial charge on any atom is 0.410 e. The van der Waals surface area contributed by atoms with Crippen LogP contribution in [0.4, 0.5) is 4.79 Å². The molecule has 0 aromatic rings. The zero-order valence-corrected chi connectivity index (χ0v) is 14.4. The molecule has 2 aliphatic rings. The number of rotatable bonds is 2. The molecule has 0 spiro atoms. The molecule has 2 fully saturated rings. The lowest BCUT2D eigenvalue weighted by Crippen LogP contribution is -2.43. The number of likely N-dealkylation sites (N-methyl/N-ethyl adjacent to an activating group) is 1. The Labute approximate surface area is 135 Å². The molecular weight excluding hydrogens is 315 g/mol. The molecule has 2 atom stereocenters. The first-order valence-corrected chi connectivity index (χ1v) is 7.89. The summed E-state index contributed by atoms with van der Waals surface area (Å²) < 4.78 is 4.45. The van der Waals surface area contributed by atoms with Crippen LogP contribution >= 0.6 is 23.2 Å². The van der Waals surface area contributed by atoms with E-state index < -0.39 is 9.93 Å². The highest BCUT2D eigenvalue weighted by Gasteiger charge is 2.58. The number of carbonyl (C=O) groups is 2.